The highest BCUT2D eigenvalue weighted by molar-refractivity contribution is 5.99. The molecule has 0 unspecified atom stereocenters. The van der Waals surface area contributed by atoms with Gasteiger partial charge in [-0.2, -0.15) is 0 Å². The molecule has 2 aromatic rings. The quantitative estimate of drug-likeness (QED) is 0.830. The number of nitrogens with zero attached hydrogens (tertiary/aromatic N) is 3. The number of anilines is 1. The number of halogens is 3. The van der Waals surface area contributed by atoms with Crippen molar-refractivity contribution in [2.75, 3.05) is 11.4 Å². The van der Waals surface area contributed by atoms with Crippen LogP contribution in [-0.2, 0) is 4.79 Å². The Bertz CT molecular complexity index is 1000. The van der Waals surface area contributed by atoms with Gasteiger partial charge in [-0.15, -0.1) is 0 Å². The first-order chi connectivity index (χ1) is 14.2. The normalized spacial score (nSPS) is 25.5. The van der Waals surface area contributed by atoms with Gasteiger partial charge in [0.15, 0.2) is 0 Å². The van der Waals surface area contributed by atoms with Gasteiger partial charge >= 0.3 is 0 Å². The largest absolute Gasteiger partial charge is 0.349 e. The molecule has 6 nitrogen and oxygen atoms in total. The fraction of sp³-hybridized carbons (Fsp3) is 0.429. The van der Waals surface area contributed by atoms with Crippen molar-refractivity contribution >= 4 is 17.6 Å². The maximum atomic E-state index is 14.6. The van der Waals surface area contributed by atoms with Gasteiger partial charge in [-0.1, -0.05) is 6.07 Å². The first kappa shape index (κ1) is 20.3. The van der Waals surface area contributed by atoms with Crippen LogP contribution in [0.4, 0.5) is 19.0 Å². The van der Waals surface area contributed by atoms with E-state index in [9.17, 15) is 22.8 Å². The van der Waals surface area contributed by atoms with Gasteiger partial charge in [0, 0.05) is 37.2 Å². The molecular weight excluding hydrogens is 397 g/mol. The zero-order chi connectivity index (χ0) is 21.5. The van der Waals surface area contributed by atoms with Crippen LogP contribution in [0.1, 0.15) is 41.9 Å². The number of nitrogens with one attached hydrogen (secondary N) is 1. The van der Waals surface area contributed by atoms with Crippen molar-refractivity contribution in [3.8, 4) is 0 Å². The second-order valence-corrected chi connectivity index (χ2v) is 8.07. The second-order valence-electron chi connectivity index (χ2n) is 8.07. The summed E-state index contributed by atoms with van der Waals surface area (Å²) in [6, 6.07) is 5.71. The molecule has 0 radical (unpaired) electrons. The topological polar surface area (TPSA) is 75.2 Å². The summed E-state index contributed by atoms with van der Waals surface area (Å²) in [6.45, 7) is 1.96. The van der Waals surface area contributed by atoms with Crippen molar-refractivity contribution < 1.29 is 22.8 Å². The lowest BCUT2D eigenvalue weighted by Crippen LogP contribution is -2.52. The van der Waals surface area contributed by atoms with E-state index in [1.165, 1.54) is 29.3 Å². The van der Waals surface area contributed by atoms with Crippen molar-refractivity contribution in [2.24, 2.45) is 5.41 Å². The lowest BCUT2D eigenvalue weighted by Gasteiger charge is -2.40. The molecule has 1 aliphatic heterocycles. The Morgan fingerprint density at radius 3 is 2.80 bits per heavy atom. The van der Waals surface area contributed by atoms with E-state index in [0.717, 1.165) is 6.07 Å². The molecule has 2 aliphatic rings. The van der Waals surface area contributed by atoms with Crippen molar-refractivity contribution in [3.63, 3.8) is 0 Å². The van der Waals surface area contributed by atoms with Gasteiger partial charge in [-0.3, -0.25) is 14.5 Å². The lowest BCUT2D eigenvalue weighted by molar-refractivity contribution is -0.140. The standard InChI is InChI=1S/C21H21F3N4O2/c1-13-25-7-5-17(26-13)28-8-6-20(19(28)30)10-16(11-21(23,24)12-20)27-18(29)14-3-2-4-15(22)9-14/h2-5,7,9,16H,6,8,10-12H2,1H3,(H,27,29)/t16-,20-/m0/s1. The first-order valence-electron chi connectivity index (χ1n) is 9.73. The minimum absolute atomic E-state index is 0.0498. The molecular formula is C21H21F3N4O2. The molecule has 1 N–H and O–H groups in total. The number of hydrogen-bond donors (Lipinski definition) is 1. The van der Waals surface area contributed by atoms with E-state index in [1.807, 2.05) is 0 Å². The summed E-state index contributed by atoms with van der Waals surface area (Å²) in [4.78, 5) is 35.3. The third-order valence-corrected chi connectivity index (χ3v) is 5.75. The van der Waals surface area contributed by atoms with E-state index in [0.29, 0.717) is 11.6 Å². The molecule has 4 rings (SSSR count). The summed E-state index contributed by atoms with van der Waals surface area (Å²) >= 11 is 0. The SMILES string of the molecule is Cc1nccc(N2CC[C@@]3(C[C@H](NC(=O)c4cccc(F)c4)CC(F)(F)C3)C2=O)n1. The monoisotopic (exact) mass is 418 g/mol. The second kappa shape index (κ2) is 7.37. The minimum Gasteiger partial charge on any atom is -0.349 e. The van der Waals surface area contributed by atoms with Crippen molar-refractivity contribution in [2.45, 2.75) is 44.6 Å². The molecule has 1 aromatic heterocycles. The molecule has 2 atom stereocenters. The Morgan fingerprint density at radius 1 is 1.27 bits per heavy atom. The van der Waals surface area contributed by atoms with E-state index in [4.69, 9.17) is 0 Å². The highest BCUT2D eigenvalue weighted by Gasteiger charge is 2.57. The average Bonchev–Trinajstić information content (AvgIpc) is 2.95. The van der Waals surface area contributed by atoms with Gasteiger partial charge in [-0.25, -0.2) is 23.1 Å². The van der Waals surface area contributed by atoms with Crippen LogP contribution in [0.2, 0.25) is 0 Å². The number of rotatable bonds is 3. The van der Waals surface area contributed by atoms with Crippen LogP contribution in [0, 0.1) is 18.2 Å². The Hall–Kier alpha value is -2.97. The van der Waals surface area contributed by atoms with E-state index in [1.54, 1.807) is 13.0 Å². The van der Waals surface area contributed by atoms with Crippen molar-refractivity contribution in [1.82, 2.24) is 15.3 Å². The van der Waals surface area contributed by atoms with Gasteiger partial charge in [0.25, 0.3) is 11.8 Å². The third-order valence-electron chi connectivity index (χ3n) is 5.75. The number of amides is 2. The number of alkyl halides is 2. The predicted molar refractivity (Wildman–Crippen MR) is 103 cm³/mol. The zero-order valence-corrected chi connectivity index (χ0v) is 16.4. The first-order valence-corrected chi connectivity index (χ1v) is 9.73. The third kappa shape index (κ3) is 3.88. The summed E-state index contributed by atoms with van der Waals surface area (Å²) in [5.74, 6) is -3.87. The van der Waals surface area contributed by atoms with Gasteiger partial charge < -0.3 is 5.32 Å². The van der Waals surface area contributed by atoms with E-state index in [-0.39, 0.29) is 24.9 Å². The van der Waals surface area contributed by atoms with E-state index >= 15 is 0 Å². The van der Waals surface area contributed by atoms with Crippen LogP contribution in [0.25, 0.3) is 0 Å². The smallest absolute Gasteiger partial charge is 0.251 e. The Labute approximate surface area is 171 Å². The number of carbonyl (C=O) groups is 2. The summed E-state index contributed by atoms with van der Waals surface area (Å²) in [5.41, 5.74) is -1.23. The summed E-state index contributed by atoms with van der Waals surface area (Å²) in [6.07, 6.45) is 0.745. The molecule has 1 aliphatic carbocycles. The number of hydrogen-bond acceptors (Lipinski definition) is 4. The highest BCUT2D eigenvalue weighted by Crippen LogP contribution is 2.51. The van der Waals surface area contributed by atoms with E-state index in [2.05, 4.69) is 15.3 Å². The molecule has 0 bridgehead atoms. The Balaban J connectivity index is 1.55. The number of benzene rings is 1. The molecule has 1 saturated heterocycles. The molecule has 2 fully saturated rings. The molecule has 1 saturated carbocycles. The Morgan fingerprint density at radius 2 is 2.07 bits per heavy atom. The minimum atomic E-state index is -3.11. The predicted octanol–water partition coefficient (Wildman–Crippen LogP) is 3.27. The molecule has 1 spiro atoms. The van der Waals surface area contributed by atoms with Crippen LogP contribution < -0.4 is 10.2 Å². The average molecular weight is 418 g/mol. The van der Waals surface area contributed by atoms with Gasteiger partial charge in [-0.05, 0) is 44.0 Å². The van der Waals surface area contributed by atoms with E-state index < -0.39 is 47.9 Å². The molecule has 9 heteroatoms. The fourth-order valence-corrected chi connectivity index (χ4v) is 4.53. The van der Waals surface area contributed by atoms with Gasteiger partial charge in [0.05, 0.1) is 5.41 Å². The Kier molecular flexibility index (Phi) is 4.99. The van der Waals surface area contributed by atoms with Crippen molar-refractivity contribution in [3.05, 3.63) is 53.7 Å². The summed E-state index contributed by atoms with van der Waals surface area (Å²) in [5, 5.41) is 2.57. The van der Waals surface area contributed by atoms with Gasteiger partial charge in [0.1, 0.15) is 17.5 Å². The molecule has 30 heavy (non-hydrogen) atoms. The molecule has 2 heterocycles. The van der Waals surface area contributed by atoms with Crippen LogP contribution in [0.5, 0.6) is 0 Å². The molecule has 1 aromatic carbocycles. The van der Waals surface area contributed by atoms with Crippen LogP contribution in [0.15, 0.2) is 36.5 Å². The van der Waals surface area contributed by atoms with Crippen LogP contribution in [0.3, 0.4) is 0 Å². The maximum absolute atomic E-state index is 14.6. The van der Waals surface area contributed by atoms with Crippen molar-refractivity contribution in [1.29, 1.82) is 0 Å². The molecule has 2 amide bonds. The number of aromatic nitrogens is 2. The number of aryl methyl sites for hydroxylation is 1. The van der Waals surface area contributed by atoms with Crippen LogP contribution >= 0.6 is 0 Å². The number of carbonyl (C=O) groups excluding carboxylic acids is 2. The highest BCUT2D eigenvalue weighted by atomic mass is 19.3. The summed E-state index contributed by atoms with van der Waals surface area (Å²) in [7, 11) is 0. The fourth-order valence-electron chi connectivity index (χ4n) is 4.53. The lowest BCUT2D eigenvalue weighted by atomic mass is 9.69. The van der Waals surface area contributed by atoms with Crippen LogP contribution in [-0.4, -0.2) is 40.3 Å². The zero-order valence-electron chi connectivity index (χ0n) is 16.4. The molecule has 158 valence electrons. The maximum Gasteiger partial charge on any atom is 0.251 e. The van der Waals surface area contributed by atoms with Gasteiger partial charge in [0.2, 0.25) is 5.91 Å². The summed E-state index contributed by atoms with van der Waals surface area (Å²) < 4.78 is 42.6.